The summed E-state index contributed by atoms with van der Waals surface area (Å²) in [7, 11) is -1.42. The zero-order valence-corrected chi connectivity index (χ0v) is 13.0. The Kier molecular flexibility index (Phi) is 8.19. The van der Waals surface area contributed by atoms with Crippen LogP contribution in [0.3, 0.4) is 0 Å². The third kappa shape index (κ3) is 6.25. The van der Waals surface area contributed by atoms with Crippen LogP contribution in [0.2, 0.25) is 0 Å². The molecule has 0 bridgehead atoms. The van der Waals surface area contributed by atoms with Gasteiger partial charge in [0.15, 0.2) is 0 Å². The Morgan fingerprint density at radius 2 is 1.55 bits per heavy atom. The maximum Gasteiger partial charge on any atom is 2.00 e. The molecule has 0 fully saturated rings. The van der Waals surface area contributed by atoms with Gasteiger partial charge in [-0.3, -0.25) is 0 Å². The van der Waals surface area contributed by atoms with Crippen LogP contribution in [0.5, 0.6) is 0 Å². The molecule has 0 aromatic heterocycles. The van der Waals surface area contributed by atoms with Gasteiger partial charge in [0.1, 0.15) is 0 Å². The van der Waals surface area contributed by atoms with Crippen molar-refractivity contribution in [3.05, 3.63) is 84.4 Å². The minimum atomic E-state index is -1.42. The van der Waals surface area contributed by atoms with E-state index in [4.69, 9.17) is 10.0 Å². The maximum atomic E-state index is 8.92. The first kappa shape index (κ1) is 18.1. The van der Waals surface area contributed by atoms with Crippen LogP contribution in [0, 0.1) is 0 Å². The van der Waals surface area contributed by atoms with E-state index in [9.17, 15) is 0 Å². The third-order valence-electron chi connectivity index (χ3n) is 2.80. The summed E-state index contributed by atoms with van der Waals surface area (Å²) in [6.45, 7) is 0. The second-order valence-electron chi connectivity index (χ2n) is 4.40. The molecule has 0 spiro atoms. The standard InChI is InChI=1S/C12H11BNO2.C5H5.Fe/c15-13(16)11-7-5-10(6-8-11)9-14-12-3-1-2-4-12;1-2-4-5-3-1;/h1-9,15-16H;1-5H;/q2*-1;+2. The molecule has 0 saturated carbocycles. The molecule has 0 atom stereocenters. The first-order chi connectivity index (χ1) is 10.3. The second-order valence-corrected chi connectivity index (χ2v) is 4.40. The van der Waals surface area contributed by atoms with Gasteiger partial charge in [-0.15, -0.1) is 12.1 Å². The van der Waals surface area contributed by atoms with Gasteiger partial charge >= 0.3 is 24.2 Å². The van der Waals surface area contributed by atoms with Gasteiger partial charge in [0.05, 0.1) is 0 Å². The molecule has 0 heterocycles. The summed E-state index contributed by atoms with van der Waals surface area (Å²) in [5.41, 5.74) is 2.31. The van der Waals surface area contributed by atoms with E-state index >= 15 is 0 Å². The summed E-state index contributed by atoms with van der Waals surface area (Å²) in [4.78, 5) is 4.26. The van der Waals surface area contributed by atoms with E-state index in [2.05, 4.69) is 4.99 Å². The fourth-order valence-corrected chi connectivity index (χ4v) is 1.67. The molecule has 0 aliphatic heterocycles. The fourth-order valence-electron chi connectivity index (χ4n) is 1.67. The second kappa shape index (κ2) is 9.93. The molecule has 5 heteroatoms. The molecule has 0 radical (unpaired) electrons. The Morgan fingerprint density at radius 1 is 0.955 bits per heavy atom. The molecule has 2 N–H and O–H groups in total. The van der Waals surface area contributed by atoms with Gasteiger partial charge < -0.3 is 15.0 Å². The molecule has 3 aromatic rings. The largest absolute Gasteiger partial charge is 2.00 e. The maximum absolute atomic E-state index is 8.92. The predicted octanol–water partition coefficient (Wildman–Crippen LogP) is 2.24. The summed E-state index contributed by atoms with van der Waals surface area (Å²) in [5.74, 6) is 0. The van der Waals surface area contributed by atoms with Crippen LogP contribution in [0.25, 0.3) is 0 Å². The molecule has 112 valence electrons. The molecule has 0 aliphatic rings. The Morgan fingerprint density at radius 3 is 2.00 bits per heavy atom. The molecule has 0 aliphatic carbocycles. The van der Waals surface area contributed by atoms with Crippen molar-refractivity contribution in [1.29, 1.82) is 0 Å². The first-order valence-corrected chi connectivity index (χ1v) is 6.64. The van der Waals surface area contributed by atoms with Gasteiger partial charge in [0.25, 0.3) is 0 Å². The topological polar surface area (TPSA) is 52.8 Å². The van der Waals surface area contributed by atoms with Crippen molar-refractivity contribution in [1.82, 2.24) is 0 Å². The van der Waals surface area contributed by atoms with E-state index in [-0.39, 0.29) is 17.1 Å². The van der Waals surface area contributed by atoms with Crippen LogP contribution in [-0.4, -0.2) is 23.4 Å². The Bertz CT molecular complexity index is 615. The molecule has 0 unspecified atom stereocenters. The van der Waals surface area contributed by atoms with E-state index in [1.54, 1.807) is 30.5 Å². The Labute approximate surface area is 141 Å². The van der Waals surface area contributed by atoms with E-state index in [0.29, 0.717) is 5.46 Å². The Hall–Kier alpha value is -1.91. The molecular weight excluding hydrogens is 317 g/mol. The number of benzene rings is 1. The van der Waals surface area contributed by atoms with Gasteiger partial charge in [-0.25, -0.2) is 12.1 Å². The molecule has 3 aromatic carbocycles. The van der Waals surface area contributed by atoms with Gasteiger partial charge in [0.2, 0.25) is 0 Å². The quantitative estimate of drug-likeness (QED) is 0.439. The molecule has 0 amide bonds. The van der Waals surface area contributed by atoms with Gasteiger partial charge in [0, 0.05) is 0 Å². The monoisotopic (exact) mass is 333 g/mol. The predicted molar refractivity (Wildman–Crippen MR) is 87.6 cm³/mol. The van der Waals surface area contributed by atoms with E-state index in [0.717, 1.165) is 11.3 Å². The smallest absolute Gasteiger partial charge is 0.423 e. The Balaban J connectivity index is 0.000000344. The van der Waals surface area contributed by atoms with Crippen LogP contribution in [0.15, 0.2) is 83.9 Å². The molecule has 3 nitrogen and oxygen atoms in total. The van der Waals surface area contributed by atoms with Crippen molar-refractivity contribution in [2.24, 2.45) is 4.99 Å². The van der Waals surface area contributed by atoms with Crippen LogP contribution < -0.4 is 5.46 Å². The molecule has 3 rings (SSSR count). The summed E-state index contributed by atoms with van der Waals surface area (Å²) in [6.07, 6.45) is 1.74. The number of aliphatic imine (C=N–C) groups is 1. The number of hydrogen-bond acceptors (Lipinski definition) is 3. The SMILES string of the molecule is OB(O)c1ccc(C=N[c-]2cccc2)cc1.[Fe+2].c1cc[cH-]c1. The van der Waals surface area contributed by atoms with Crippen molar-refractivity contribution in [3.8, 4) is 0 Å². The van der Waals surface area contributed by atoms with Gasteiger partial charge in [-0.05, 0) is 22.9 Å². The zero-order valence-electron chi connectivity index (χ0n) is 11.9. The van der Waals surface area contributed by atoms with Gasteiger partial charge in [-0.2, -0.15) is 30.3 Å². The first-order valence-electron chi connectivity index (χ1n) is 6.64. The zero-order chi connectivity index (χ0) is 14.9. The fraction of sp³-hybridized carbons (Fsp3) is 0. The average Bonchev–Trinajstić information content (AvgIpc) is 3.21. The normalized spacial score (nSPS) is 9.73. The van der Waals surface area contributed by atoms with Crippen molar-refractivity contribution in [2.45, 2.75) is 0 Å². The summed E-state index contributed by atoms with van der Waals surface area (Å²) in [6, 6.07) is 24.6. The van der Waals surface area contributed by atoms with Crippen LogP contribution in [-0.2, 0) is 17.1 Å². The van der Waals surface area contributed by atoms with E-state index in [1.165, 1.54) is 0 Å². The van der Waals surface area contributed by atoms with Crippen LogP contribution in [0.1, 0.15) is 5.56 Å². The number of hydrogen-bond donors (Lipinski definition) is 2. The molecular formula is C17H16BFeNO2. The summed E-state index contributed by atoms with van der Waals surface area (Å²) >= 11 is 0. The van der Waals surface area contributed by atoms with Crippen molar-refractivity contribution in [2.75, 3.05) is 0 Å². The van der Waals surface area contributed by atoms with E-state index < -0.39 is 7.12 Å². The van der Waals surface area contributed by atoms with Crippen molar-refractivity contribution >= 4 is 24.5 Å². The van der Waals surface area contributed by atoms with Crippen molar-refractivity contribution < 1.29 is 27.1 Å². The van der Waals surface area contributed by atoms with Gasteiger partial charge in [-0.1, -0.05) is 24.3 Å². The summed E-state index contributed by atoms with van der Waals surface area (Å²) < 4.78 is 0. The average molecular weight is 333 g/mol. The summed E-state index contributed by atoms with van der Waals surface area (Å²) in [5, 5.41) is 17.8. The minimum Gasteiger partial charge on any atom is -0.423 e. The number of rotatable bonds is 3. The number of nitrogens with zero attached hydrogens (tertiary/aromatic N) is 1. The van der Waals surface area contributed by atoms with Crippen LogP contribution in [0.4, 0.5) is 5.69 Å². The minimum absolute atomic E-state index is 0. The van der Waals surface area contributed by atoms with Crippen molar-refractivity contribution in [3.63, 3.8) is 0 Å². The van der Waals surface area contributed by atoms with E-state index in [1.807, 2.05) is 54.6 Å². The molecule has 0 saturated heterocycles. The van der Waals surface area contributed by atoms with Crippen LogP contribution >= 0.6 is 0 Å². The molecule has 22 heavy (non-hydrogen) atoms. The third-order valence-corrected chi connectivity index (χ3v) is 2.80.